The zero-order chi connectivity index (χ0) is 16.6. The molecule has 0 amide bonds. The van der Waals surface area contributed by atoms with Gasteiger partial charge in [0.15, 0.2) is 0 Å². The summed E-state index contributed by atoms with van der Waals surface area (Å²) in [6, 6.07) is 2.18. The van der Waals surface area contributed by atoms with Crippen LogP contribution in [0.4, 0.5) is 0 Å². The maximum atomic E-state index is 6.27. The van der Waals surface area contributed by atoms with E-state index in [4.69, 9.17) is 4.74 Å². The van der Waals surface area contributed by atoms with E-state index in [1.165, 1.54) is 11.3 Å². The SMILES string of the molecule is Cc1cc(CN2CCC3(CC2)C[C@@H](c2cncnc2)CO3)nn1C. The summed E-state index contributed by atoms with van der Waals surface area (Å²) in [5.74, 6) is 0.441. The van der Waals surface area contributed by atoms with Gasteiger partial charge in [-0.1, -0.05) is 0 Å². The number of hydrogen-bond acceptors (Lipinski definition) is 5. The van der Waals surface area contributed by atoms with E-state index in [0.29, 0.717) is 5.92 Å². The molecule has 0 aliphatic carbocycles. The Morgan fingerprint density at radius 1 is 1.25 bits per heavy atom. The number of aryl methyl sites for hydroxylation is 2. The molecular formula is C18H25N5O. The fraction of sp³-hybridized carbons (Fsp3) is 0.611. The molecule has 0 radical (unpaired) electrons. The lowest BCUT2D eigenvalue weighted by Gasteiger charge is -2.38. The van der Waals surface area contributed by atoms with E-state index in [-0.39, 0.29) is 5.60 Å². The van der Waals surface area contributed by atoms with Gasteiger partial charge in [0.05, 0.1) is 17.9 Å². The van der Waals surface area contributed by atoms with E-state index < -0.39 is 0 Å². The molecule has 2 fully saturated rings. The fourth-order valence-corrected chi connectivity index (χ4v) is 3.99. The normalized spacial score (nSPS) is 23.8. The largest absolute Gasteiger partial charge is 0.374 e. The van der Waals surface area contributed by atoms with Gasteiger partial charge in [-0.25, -0.2) is 9.97 Å². The van der Waals surface area contributed by atoms with Crippen molar-refractivity contribution < 1.29 is 4.74 Å². The minimum Gasteiger partial charge on any atom is -0.374 e. The summed E-state index contributed by atoms with van der Waals surface area (Å²) in [6.45, 7) is 5.99. The lowest BCUT2D eigenvalue weighted by Crippen LogP contribution is -2.43. The summed E-state index contributed by atoms with van der Waals surface area (Å²) >= 11 is 0. The van der Waals surface area contributed by atoms with Crippen LogP contribution in [0.1, 0.15) is 42.1 Å². The standard InChI is InChI=1S/C18H25N5O/c1-14-7-17(21-22(14)2)11-23-5-3-18(4-6-23)8-15(12-24-18)16-9-19-13-20-10-16/h7,9-10,13,15H,3-6,8,11-12H2,1-2H3/t15-/m1/s1. The molecule has 6 nitrogen and oxygen atoms in total. The smallest absolute Gasteiger partial charge is 0.115 e. The summed E-state index contributed by atoms with van der Waals surface area (Å²) in [5.41, 5.74) is 3.64. The van der Waals surface area contributed by atoms with Crippen LogP contribution < -0.4 is 0 Å². The molecule has 6 heteroatoms. The van der Waals surface area contributed by atoms with Crippen molar-refractivity contribution in [2.75, 3.05) is 19.7 Å². The Labute approximate surface area is 142 Å². The van der Waals surface area contributed by atoms with Gasteiger partial charge in [-0.2, -0.15) is 5.10 Å². The highest BCUT2D eigenvalue weighted by Crippen LogP contribution is 2.42. The van der Waals surface area contributed by atoms with E-state index in [1.54, 1.807) is 6.33 Å². The molecule has 0 bridgehead atoms. The van der Waals surface area contributed by atoms with Crippen molar-refractivity contribution in [1.82, 2.24) is 24.6 Å². The predicted molar refractivity (Wildman–Crippen MR) is 90.5 cm³/mol. The number of likely N-dealkylation sites (tertiary alicyclic amines) is 1. The molecule has 128 valence electrons. The Hall–Kier alpha value is -1.79. The van der Waals surface area contributed by atoms with Crippen LogP contribution in [-0.2, 0) is 18.3 Å². The average Bonchev–Trinajstić information content (AvgIpc) is 3.15. The highest BCUT2D eigenvalue weighted by molar-refractivity contribution is 5.15. The zero-order valence-corrected chi connectivity index (χ0v) is 14.5. The minimum absolute atomic E-state index is 0.0526. The van der Waals surface area contributed by atoms with Crippen LogP contribution >= 0.6 is 0 Å². The average molecular weight is 327 g/mol. The van der Waals surface area contributed by atoms with Crippen molar-refractivity contribution in [3.05, 3.63) is 41.7 Å². The first-order valence-corrected chi connectivity index (χ1v) is 8.74. The fourth-order valence-electron chi connectivity index (χ4n) is 3.99. The molecule has 2 aliphatic rings. The van der Waals surface area contributed by atoms with E-state index in [9.17, 15) is 0 Å². The monoisotopic (exact) mass is 327 g/mol. The molecule has 4 heterocycles. The molecule has 24 heavy (non-hydrogen) atoms. The summed E-state index contributed by atoms with van der Waals surface area (Å²) < 4.78 is 8.22. The molecule has 0 unspecified atom stereocenters. The van der Waals surface area contributed by atoms with Crippen LogP contribution in [0.2, 0.25) is 0 Å². The molecular weight excluding hydrogens is 302 g/mol. The molecule has 0 saturated carbocycles. The second-order valence-corrected chi connectivity index (χ2v) is 7.24. The lowest BCUT2D eigenvalue weighted by atomic mass is 9.84. The van der Waals surface area contributed by atoms with E-state index in [1.807, 2.05) is 24.1 Å². The molecule has 0 aromatic carbocycles. The highest BCUT2D eigenvalue weighted by atomic mass is 16.5. The Bertz CT molecular complexity index is 671. The first-order valence-electron chi connectivity index (χ1n) is 8.74. The van der Waals surface area contributed by atoms with Crippen LogP contribution in [0.3, 0.4) is 0 Å². The minimum atomic E-state index is 0.0526. The number of nitrogens with zero attached hydrogens (tertiary/aromatic N) is 5. The van der Waals surface area contributed by atoms with Crippen molar-refractivity contribution >= 4 is 0 Å². The predicted octanol–water partition coefficient (Wildman–Crippen LogP) is 2.06. The third-order valence-corrected chi connectivity index (χ3v) is 5.58. The van der Waals surface area contributed by atoms with Crippen LogP contribution in [0.5, 0.6) is 0 Å². The summed E-state index contributed by atoms with van der Waals surface area (Å²) in [6.07, 6.45) is 8.74. The number of rotatable bonds is 3. The number of ether oxygens (including phenoxy) is 1. The Morgan fingerprint density at radius 3 is 2.67 bits per heavy atom. The third kappa shape index (κ3) is 3.08. The number of piperidine rings is 1. The van der Waals surface area contributed by atoms with Gasteiger partial charge < -0.3 is 4.74 Å². The molecule has 0 N–H and O–H groups in total. The first kappa shape index (κ1) is 15.7. The van der Waals surface area contributed by atoms with Gasteiger partial charge in [0.25, 0.3) is 0 Å². The van der Waals surface area contributed by atoms with Crippen LogP contribution in [0.15, 0.2) is 24.8 Å². The van der Waals surface area contributed by atoms with E-state index in [0.717, 1.165) is 51.2 Å². The second-order valence-electron chi connectivity index (χ2n) is 7.24. The molecule has 2 saturated heterocycles. The molecule has 2 aromatic heterocycles. The quantitative estimate of drug-likeness (QED) is 0.864. The van der Waals surface area contributed by atoms with Crippen LogP contribution in [0, 0.1) is 6.92 Å². The van der Waals surface area contributed by atoms with Gasteiger partial charge in [-0.3, -0.25) is 9.58 Å². The first-order chi connectivity index (χ1) is 11.6. The van der Waals surface area contributed by atoms with Gasteiger partial charge in [0.2, 0.25) is 0 Å². The number of hydrogen-bond donors (Lipinski definition) is 0. The van der Waals surface area contributed by atoms with Crippen molar-refractivity contribution in [1.29, 1.82) is 0 Å². The summed E-state index contributed by atoms with van der Waals surface area (Å²) in [5, 5.41) is 4.57. The molecule has 1 spiro atoms. The summed E-state index contributed by atoms with van der Waals surface area (Å²) in [4.78, 5) is 10.8. The molecule has 4 rings (SSSR count). The van der Waals surface area contributed by atoms with Crippen molar-refractivity contribution in [3.63, 3.8) is 0 Å². The van der Waals surface area contributed by atoms with Gasteiger partial charge in [0.1, 0.15) is 6.33 Å². The molecule has 1 atom stereocenters. The van der Waals surface area contributed by atoms with Crippen LogP contribution in [-0.4, -0.2) is 49.9 Å². The van der Waals surface area contributed by atoms with E-state index in [2.05, 4.69) is 33.0 Å². The topological polar surface area (TPSA) is 56.1 Å². The van der Waals surface area contributed by atoms with Gasteiger partial charge in [-0.05, 0) is 37.8 Å². The van der Waals surface area contributed by atoms with Crippen molar-refractivity contribution in [2.45, 2.75) is 44.2 Å². The number of aromatic nitrogens is 4. The lowest BCUT2D eigenvalue weighted by molar-refractivity contribution is -0.0450. The maximum Gasteiger partial charge on any atom is 0.115 e. The molecule has 2 aliphatic heterocycles. The summed E-state index contributed by atoms with van der Waals surface area (Å²) in [7, 11) is 2.00. The van der Waals surface area contributed by atoms with Crippen molar-refractivity contribution in [3.8, 4) is 0 Å². The Kier molecular flexibility index (Phi) is 4.10. The van der Waals surface area contributed by atoms with Crippen LogP contribution in [0.25, 0.3) is 0 Å². The highest BCUT2D eigenvalue weighted by Gasteiger charge is 2.43. The Morgan fingerprint density at radius 2 is 2.00 bits per heavy atom. The third-order valence-electron chi connectivity index (χ3n) is 5.58. The molecule has 2 aromatic rings. The maximum absolute atomic E-state index is 6.27. The zero-order valence-electron chi connectivity index (χ0n) is 14.5. The van der Waals surface area contributed by atoms with Gasteiger partial charge >= 0.3 is 0 Å². The van der Waals surface area contributed by atoms with Crippen molar-refractivity contribution in [2.24, 2.45) is 7.05 Å². The van der Waals surface area contributed by atoms with Gasteiger partial charge in [0, 0.05) is 50.7 Å². The second kappa shape index (κ2) is 6.26. The Balaban J connectivity index is 1.34. The van der Waals surface area contributed by atoms with E-state index >= 15 is 0 Å². The van der Waals surface area contributed by atoms with Gasteiger partial charge in [-0.15, -0.1) is 0 Å².